The van der Waals surface area contributed by atoms with Crippen molar-refractivity contribution in [2.75, 3.05) is 14.2 Å². The van der Waals surface area contributed by atoms with E-state index in [1.807, 2.05) is 91.0 Å². The summed E-state index contributed by atoms with van der Waals surface area (Å²) in [6.45, 7) is 0. The van der Waals surface area contributed by atoms with Gasteiger partial charge in [-0.15, -0.1) is 3.97 Å². The first-order chi connectivity index (χ1) is 19.2. The Bertz CT molecular complexity index is 1420. The number of hydrogen-bond acceptors (Lipinski definition) is 7. The van der Waals surface area contributed by atoms with Gasteiger partial charge in [0.15, 0.2) is 7.49 Å². The Balaban J connectivity index is 1.86. The predicted molar refractivity (Wildman–Crippen MR) is 155 cm³/mol. The molecule has 0 N–H and O–H groups in total. The Morgan fingerprint density at radius 3 is 1.27 bits per heavy atom. The van der Waals surface area contributed by atoms with Crippen molar-refractivity contribution in [1.82, 2.24) is 0 Å². The second-order valence-corrected chi connectivity index (χ2v) is 14.3. The summed E-state index contributed by atoms with van der Waals surface area (Å²) in [5, 5.41) is 0. The fourth-order valence-corrected chi connectivity index (χ4v) is 10.6. The van der Waals surface area contributed by atoms with Gasteiger partial charge in [0.1, 0.15) is 18.5 Å². The number of carbonyl (C=O) groups excluding carboxylic acids is 2. The molecule has 9 heteroatoms. The lowest BCUT2D eigenvalue weighted by atomic mass is 10.1. The van der Waals surface area contributed by atoms with E-state index in [4.69, 9.17) is 13.4 Å². The number of methoxy groups -OCH3 is 2. The van der Waals surface area contributed by atoms with E-state index >= 15 is 0 Å². The molecule has 0 bridgehead atoms. The molecule has 4 aromatic carbocycles. The Labute approximate surface area is 235 Å². The Morgan fingerprint density at radius 2 is 0.950 bits per heavy atom. The van der Waals surface area contributed by atoms with E-state index in [1.54, 1.807) is 0 Å². The maximum atomic E-state index is 14.0. The van der Waals surface area contributed by atoms with Crippen LogP contribution in [0.15, 0.2) is 114 Å². The maximum Gasteiger partial charge on any atom is 0.337 e. The van der Waals surface area contributed by atoms with Crippen LogP contribution in [0.1, 0.15) is 37.4 Å². The van der Waals surface area contributed by atoms with Crippen LogP contribution in [0.5, 0.6) is 0 Å². The maximum absolute atomic E-state index is 14.0. The molecule has 0 amide bonds. The van der Waals surface area contributed by atoms with E-state index in [-0.39, 0.29) is 16.0 Å². The van der Waals surface area contributed by atoms with Crippen molar-refractivity contribution in [1.29, 1.82) is 0 Å². The number of ether oxygens (including phenoxy) is 2. The summed E-state index contributed by atoms with van der Waals surface area (Å²) in [6.07, 6.45) is 1.16. The number of esters is 2. The largest absolute Gasteiger partial charge is 0.465 e. The molecular weight excluding hydrogens is 547 g/mol. The molecule has 0 spiro atoms. The summed E-state index contributed by atoms with van der Waals surface area (Å²) in [7, 11) is -4.98. The lowest BCUT2D eigenvalue weighted by Crippen LogP contribution is -2.16. The van der Waals surface area contributed by atoms with Gasteiger partial charge in [0.2, 0.25) is 0 Å². The van der Waals surface area contributed by atoms with Crippen LogP contribution in [-0.2, 0) is 42.0 Å². The molecule has 0 saturated carbocycles. The first-order valence-electron chi connectivity index (χ1n) is 12.5. The topological polar surface area (TPSA) is 96.0 Å². The van der Waals surface area contributed by atoms with Crippen LogP contribution in [0.2, 0.25) is 0 Å². The number of hydrogen-bond donors (Lipinski definition) is 0. The van der Waals surface area contributed by atoms with Crippen molar-refractivity contribution < 1.29 is 31.5 Å². The second kappa shape index (κ2) is 13.0. The Hall–Kier alpha value is -3.84. The minimum absolute atomic E-state index is 0.106. The van der Waals surface area contributed by atoms with E-state index in [9.17, 15) is 18.0 Å². The second-order valence-electron chi connectivity index (χ2n) is 9.25. The van der Waals surface area contributed by atoms with Crippen LogP contribution in [0.3, 0.4) is 0 Å². The van der Waals surface area contributed by atoms with E-state index in [1.165, 1.54) is 20.3 Å². The van der Waals surface area contributed by atoms with Gasteiger partial charge in [-0.25, -0.2) is 9.59 Å². The molecule has 0 aromatic heterocycles. The lowest BCUT2D eigenvalue weighted by molar-refractivity contribution is 0.0598. The van der Waals surface area contributed by atoms with E-state index in [0.29, 0.717) is 18.5 Å². The standard InChI is InChI=1S/C31H30O7PS/c1-36-30(32)27-18-28(31(33)37-2)20-29(19-27)40(34,35)38-39(21-24-12-6-3-7-13-24,22-25-14-8-4-9-15-25)23-26-16-10-5-11-17-26/h3-20H,21-23H2,1-2H3/q+1. The SMILES string of the molecule is COC(=O)c1cc(C(=O)OC)cc(S(=O)(=O)O[P+](Cc2ccccc2)(Cc2ccccc2)Cc2ccccc2)c1. The van der Waals surface area contributed by atoms with Gasteiger partial charge in [-0.1, -0.05) is 91.0 Å². The fraction of sp³-hybridized carbons (Fsp3) is 0.161. The van der Waals surface area contributed by atoms with Crippen LogP contribution < -0.4 is 0 Å². The van der Waals surface area contributed by atoms with Crippen LogP contribution in [0.25, 0.3) is 0 Å². The van der Waals surface area contributed by atoms with Crippen LogP contribution in [0, 0.1) is 0 Å². The summed E-state index contributed by atoms with van der Waals surface area (Å²) in [6, 6.07) is 32.4. The predicted octanol–water partition coefficient (Wildman–Crippen LogP) is 6.50. The highest BCUT2D eigenvalue weighted by Gasteiger charge is 2.46. The number of benzene rings is 4. The Kier molecular flexibility index (Phi) is 9.48. The zero-order valence-corrected chi connectivity index (χ0v) is 23.9. The van der Waals surface area contributed by atoms with E-state index in [0.717, 1.165) is 28.8 Å². The van der Waals surface area contributed by atoms with Crippen LogP contribution in [0.4, 0.5) is 0 Å². The van der Waals surface area contributed by atoms with Gasteiger partial charge in [0.25, 0.3) is 0 Å². The zero-order valence-electron chi connectivity index (χ0n) is 22.2. The zero-order chi connectivity index (χ0) is 28.6. The molecule has 7 nitrogen and oxygen atoms in total. The molecule has 4 aromatic rings. The summed E-state index contributed by atoms with van der Waals surface area (Å²) in [5.74, 6) is -1.58. The molecular formula is C31H30O7PS+. The normalized spacial score (nSPS) is 11.6. The van der Waals surface area contributed by atoms with Crippen molar-refractivity contribution in [3.8, 4) is 0 Å². The third-order valence-electron chi connectivity index (χ3n) is 6.23. The quantitative estimate of drug-likeness (QED) is 0.148. The molecule has 0 aliphatic rings. The van der Waals surface area contributed by atoms with Crippen molar-refractivity contribution in [3.63, 3.8) is 0 Å². The highest BCUT2D eigenvalue weighted by atomic mass is 32.2. The highest BCUT2D eigenvalue weighted by molar-refractivity contribution is 7.93. The van der Waals surface area contributed by atoms with Gasteiger partial charge in [-0.2, -0.15) is 8.42 Å². The monoisotopic (exact) mass is 577 g/mol. The van der Waals surface area contributed by atoms with Gasteiger partial charge in [-0.05, 0) is 34.9 Å². The minimum Gasteiger partial charge on any atom is -0.465 e. The molecule has 40 heavy (non-hydrogen) atoms. The van der Waals surface area contributed by atoms with Crippen molar-refractivity contribution in [2.24, 2.45) is 0 Å². The molecule has 0 saturated heterocycles. The average molecular weight is 578 g/mol. The van der Waals surface area contributed by atoms with Crippen molar-refractivity contribution in [2.45, 2.75) is 23.4 Å². The number of rotatable bonds is 11. The third-order valence-corrected chi connectivity index (χ3v) is 11.9. The summed E-state index contributed by atoms with van der Waals surface area (Å²) in [4.78, 5) is 24.4. The van der Waals surface area contributed by atoms with Gasteiger partial charge >= 0.3 is 22.1 Å². The molecule has 206 valence electrons. The molecule has 0 aliphatic heterocycles. The van der Waals surface area contributed by atoms with Crippen LogP contribution in [-0.4, -0.2) is 34.6 Å². The molecule has 0 unspecified atom stereocenters. The third kappa shape index (κ3) is 7.42. The number of carbonyl (C=O) groups is 2. The van der Waals surface area contributed by atoms with Gasteiger partial charge in [0, 0.05) is 0 Å². The fourth-order valence-electron chi connectivity index (χ4n) is 4.46. The molecule has 0 fully saturated rings. The van der Waals surface area contributed by atoms with Crippen LogP contribution >= 0.6 is 7.49 Å². The average Bonchev–Trinajstić information content (AvgIpc) is 2.97. The molecule has 4 rings (SSSR count). The van der Waals surface area contributed by atoms with Gasteiger partial charge in [-0.3, -0.25) is 0 Å². The smallest absolute Gasteiger partial charge is 0.337 e. The summed E-state index contributed by atoms with van der Waals surface area (Å²) < 4.78 is 44.0. The highest BCUT2D eigenvalue weighted by Crippen LogP contribution is 2.68. The van der Waals surface area contributed by atoms with Gasteiger partial charge < -0.3 is 9.47 Å². The first-order valence-corrected chi connectivity index (χ1v) is 16.2. The van der Waals surface area contributed by atoms with Crippen molar-refractivity contribution in [3.05, 3.63) is 137 Å². The molecule has 0 atom stereocenters. The lowest BCUT2D eigenvalue weighted by Gasteiger charge is -2.26. The van der Waals surface area contributed by atoms with E-state index < -0.39 is 29.5 Å². The Morgan fingerprint density at radius 1 is 0.600 bits per heavy atom. The molecule has 0 radical (unpaired) electrons. The molecule has 0 heterocycles. The van der Waals surface area contributed by atoms with E-state index in [2.05, 4.69) is 0 Å². The summed E-state index contributed by atoms with van der Waals surface area (Å²) in [5.41, 5.74) is 2.61. The first kappa shape index (κ1) is 29.2. The summed E-state index contributed by atoms with van der Waals surface area (Å²) >= 11 is 0. The van der Waals surface area contributed by atoms with Gasteiger partial charge in [0.05, 0.1) is 30.2 Å². The molecule has 0 aliphatic carbocycles. The minimum atomic E-state index is -4.47. The van der Waals surface area contributed by atoms with Crippen molar-refractivity contribution >= 4 is 29.5 Å².